The van der Waals surface area contributed by atoms with Crippen LogP contribution in [0.3, 0.4) is 0 Å². The maximum atomic E-state index is 14.8. The first-order valence-electron chi connectivity index (χ1n) is 10.5. The van der Waals surface area contributed by atoms with E-state index in [-0.39, 0.29) is 41.2 Å². The van der Waals surface area contributed by atoms with Crippen molar-refractivity contribution in [2.24, 2.45) is 0 Å². The molecule has 0 spiro atoms. The molecule has 7 nitrogen and oxygen atoms in total. The normalized spacial score (nSPS) is 21.2. The van der Waals surface area contributed by atoms with Gasteiger partial charge in [0.2, 0.25) is 11.8 Å². The zero-order chi connectivity index (χ0) is 23.5. The number of carbonyl (C=O) groups excluding carboxylic acids is 4. The standard InChI is InChI=1S/C23H18ClF2N3O4/c24-14-9-11(25)1-3-13(14)23(7-8-23)10-27-19-15(26)4-2-12-18(19)22(33)29(21(12)32)16-5-6-17(30)28-20(16)31/h1-4,9,16,27H,5-8,10H2,(H,28,30,31). The Morgan fingerprint density at radius 3 is 2.52 bits per heavy atom. The third-order valence-electron chi connectivity index (χ3n) is 6.52. The molecule has 2 heterocycles. The second kappa shape index (κ2) is 7.62. The molecule has 10 heteroatoms. The van der Waals surface area contributed by atoms with E-state index in [9.17, 15) is 28.0 Å². The number of anilines is 1. The summed E-state index contributed by atoms with van der Waals surface area (Å²) in [6.07, 6.45) is 1.46. The van der Waals surface area contributed by atoms with Crippen LogP contribution in [0, 0.1) is 11.6 Å². The van der Waals surface area contributed by atoms with E-state index < -0.39 is 46.7 Å². The Labute approximate surface area is 192 Å². The van der Waals surface area contributed by atoms with Crippen LogP contribution in [-0.4, -0.2) is 41.1 Å². The molecular weight excluding hydrogens is 456 g/mol. The molecule has 5 rings (SSSR count). The van der Waals surface area contributed by atoms with Gasteiger partial charge in [-0.25, -0.2) is 8.78 Å². The highest BCUT2D eigenvalue weighted by atomic mass is 35.5. The van der Waals surface area contributed by atoms with Gasteiger partial charge in [0.1, 0.15) is 17.7 Å². The number of carbonyl (C=O) groups is 4. The van der Waals surface area contributed by atoms with E-state index in [1.54, 1.807) is 6.07 Å². The number of nitrogens with zero attached hydrogens (tertiary/aromatic N) is 1. The molecule has 170 valence electrons. The molecule has 1 aliphatic carbocycles. The summed E-state index contributed by atoms with van der Waals surface area (Å²) in [5, 5.41) is 5.36. The first kappa shape index (κ1) is 21.5. The minimum absolute atomic E-state index is 0.00750. The smallest absolute Gasteiger partial charge is 0.264 e. The first-order chi connectivity index (χ1) is 15.7. The van der Waals surface area contributed by atoms with Gasteiger partial charge in [-0.15, -0.1) is 0 Å². The first-order valence-corrected chi connectivity index (χ1v) is 10.8. The fourth-order valence-corrected chi connectivity index (χ4v) is 4.94. The van der Waals surface area contributed by atoms with Crippen LogP contribution in [-0.2, 0) is 15.0 Å². The lowest BCUT2D eigenvalue weighted by atomic mass is 9.95. The summed E-state index contributed by atoms with van der Waals surface area (Å²) >= 11 is 6.22. The van der Waals surface area contributed by atoms with Crippen molar-refractivity contribution in [2.45, 2.75) is 37.1 Å². The average Bonchev–Trinajstić information content (AvgIpc) is 3.49. The molecule has 2 aromatic rings. The summed E-state index contributed by atoms with van der Waals surface area (Å²) < 4.78 is 28.3. The van der Waals surface area contributed by atoms with Crippen molar-refractivity contribution in [1.82, 2.24) is 10.2 Å². The van der Waals surface area contributed by atoms with E-state index in [0.29, 0.717) is 0 Å². The van der Waals surface area contributed by atoms with Gasteiger partial charge in [-0.1, -0.05) is 17.7 Å². The molecule has 0 radical (unpaired) electrons. The number of nitrogens with one attached hydrogen (secondary N) is 2. The molecule has 33 heavy (non-hydrogen) atoms. The second-order valence-electron chi connectivity index (χ2n) is 8.55. The van der Waals surface area contributed by atoms with Gasteiger partial charge in [-0.3, -0.25) is 29.4 Å². The van der Waals surface area contributed by atoms with Crippen LogP contribution < -0.4 is 10.6 Å². The largest absolute Gasteiger partial charge is 0.381 e. The van der Waals surface area contributed by atoms with Crippen LogP contribution in [0.2, 0.25) is 5.02 Å². The lowest BCUT2D eigenvalue weighted by Gasteiger charge is -2.27. The van der Waals surface area contributed by atoms with Crippen LogP contribution in [0.5, 0.6) is 0 Å². The van der Waals surface area contributed by atoms with Crippen LogP contribution in [0.15, 0.2) is 30.3 Å². The molecule has 0 bridgehead atoms. The van der Waals surface area contributed by atoms with E-state index in [1.165, 1.54) is 18.2 Å². The summed E-state index contributed by atoms with van der Waals surface area (Å²) in [4.78, 5) is 50.6. The Hall–Kier alpha value is -3.33. The molecule has 3 aliphatic rings. The van der Waals surface area contributed by atoms with E-state index in [2.05, 4.69) is 10.6 Å². The summed E-state index contributed by atoms with van der Waals surface area (Å²) in [6.45, 7) is 0.214. The quantitative estimate of drug-likeness (QED) is 0.650. The van der Waals surface area contributed by atoms with Gasteiger partial charge in [0, 0.05) is 23.4 Å². The molecule has 4 amide bonds. The van der Waals surface area contributed by atoms with Crippen LogP contribution in [0.25, 0.3) is 0 Å². The maximum absolute atomic E-state index is 14.8. The van der Waals surface area contributed by atoms with Gasteiger partial charge in [0.05, 0.1) is 16.8 Å². The van der Waals surface area contributed by atoms with E-state index in [4.69, 9.17) is 11.6 Å². The summed E-state index contributed by atoms with van der Waals surface area (Å²) in [7, 11) is 0. The number of halogens is 3. The van der Waals surface area contributed by atoms with Gasteiger partial charge in [0.15, 0.2) is 0 Å². The fourth-order valence-electron chi connectivity index (χ4n) is 4.57. The van der Waals surface area contributed by atoms with Crippen molar-refractivity contribution in [3.8, 4) is 0 Å². The van der Waals surface area contributed by atoms with E-state index >= 15 is 0 Å². The molecule has 2 N–H and O–H groups in total. The number of fused-ring (bicyclic) bond motifs is 1. The van der Waals surface area contributed by atoms with Crippen molar-refractivity contribution in [2.75, 3.05) is 11.9 Å². The molecule has 1 saturated heterocycles. The number of rotatable bonds is 5. The van der Waals surface area contributed by atoms with Gasteiger partial charge in [-0.05, 0) is 49.1 Å². The number of piperidine rings is 1. The number of hydrogen-bond acceptors (Lipinski definition) is 5. The van der Waals surface area contributed by atoms with Crippen molar-refractivity contribution < 1.29 is 28.0 Å². The highest BCUT2D eigenvalue weighted by Crippen LogP contribution is 2.51. The Morgan fingerprint density at radius 2 is 1.85 bits per heavy atom. The van der Waals surface area contributed by atoms with Crippen molar-refractivity contribution in [3.05, 3.63) is 63.7 Å². The van der Waals surface area contributed by atoms with Gasteiger partial charge < -0.3 is 5.32 Å². The SMILES string of the molecule is O=C1CCC(N2C(=O)c3ccc(F)c(NCC4(c5ccc(F)cc5Cl)CC4)c3C2=O)C(=O)N1. The average molecular weight is 474 g/mol. The maximum Gasteiger partial charge on any atom is 0.264 e. The Kier molecular flexibility index (Phi) is 4.97. The number of amides is 4. The van der Waals surface area contributed by atoms with Crippen molar-refractivity contribution in [3.63, 3.8) is 0 Å². The van der Waals surface area contributed by atoms with Gasteiger partial charge in [0.25, 0.3) is 11.8 Å². The Morgan fingerprint density at radius 1 is 1.09 bits per heavy atom. The molecule has 2 aromatic carbocycles. The van der Waals surface area contributed by atoms with Crippen LogP contribution in [0.4, 0.5) is 14.5 Å². The van der Waals surface area contributed by atoms with Crippen LogP contribution in [0.1, 0.15) is 52.0 Å². The third kappa shape index (κ3) is 3.47. The summed E-state index contributed by atoms with van der Waals surface area (Å²) in [5.41, 5.74) is -0.0257. The molecule has 1 atom stereocenters. The second-order valence-corrected chi connectivity index (χ2v) is 8.96. The predicted molar refractivity (Wildman–Crippen MR) is 114 cm³/mol. The Balaban J connectivity index is 1.44. The summed E-state index contributed by atoms with van der Waals surface area (Å²) in [6, 6.07) is 5.28. The topological polar surface area (TPSA) is 95.6 Å². The molecular formula is C23H18ClF2N3O4. The van der Waals surface area contributed by atoms with Crippen LogP contribution >= 0.6 is 11.6 Å². The minimum Gasteiger partial charge on any atom is -0.381 e. The van der Waals surface area contributed by atoms with Crippen molar-refractivity contribution in [1.29, 1.82) is 0 Å². The molecule has 1 saturated carbocycles. The highest BCUT2D eigenvalue weighted by molar-refractivity contribution is 6.31. The monoisotopic (exact) mass is 473 g/mol. The lowest BCUT2D eigenvalue weighted by Crippen LogP contribution is -2.54. The molecule has 0 aromatic heterocycles. The highest BCUT2D eigenvalue weighted by Gasteiger charge is 2.48. The van der Waals surface area contributed by atoms with E-state index in [1.807, 2.05) is 0 Å². The van der Waals surface area contributed by atoms with Crippen molar-refractivity contribution >= 4 is 40.9 Å². The number of imide groups is 2. The van der Waals surface area contributed by atoms with E-state index in [0.717, 1.165) is 29.4 Å². The molecule has 2 fully saturated rings. The third-order valence-corrected chi connectivity index (χ3v) is 6.83. The zero-order valence-electron chi connectivity index (χ0n) is 17.2. The molecule has 2 aliphatic heterocycles. The lowest BCUT2D eigenvalue weighted by molar-refractivity contribution is -0.136. The van der Waals surface area contributed by atoms with Gasteiger partial charge >= 0.3 is 0 Å². The Bertz CT molecular complexity index is 1240. The zero-order valence-corrected chi connectivity index (χ0v) is 18.0. The number of benzene rings is 2. The van der Waals surface area contributed by atoms with Gasteiger partial charge in [-0.2, -0.15) is 0 Å². The summed E-state index contributed by atoms with van der Waals surface area (Å²) in [5.74, 6) is -3.90. The fraction of sp³-hybridized carbons (Fsp3) is 0.304. The predicted octanol–water partition coefficient (Wildman–Crippen LogP) is 3.16. The molecule has 1 unspecified atom stereocenters. The number of hydrogen-bond donors (Lipinski definition) is 2. The minimum atomic E-state index is -1.14.